The minimum atomic E-state index is -0.620. The molecule has 2 aromatic rings. The lowest BCUT2D eigenvalue weighted by atomic mass is 10.1. The van der Waals surface area contributed by atoms with Crippen molar-refractivity contribution in [2.24, 2.45) is 5.73 Å². The number of nitrogens with one attached hydrogen (secondary N) is 3. The quantitative estimate of drug-likeness (QED) is 0.580. The summed E-state index contributed by atoms with van der Waals surface area (Å²) in [4.78, 5) is 31.0. The first-order valence-electron chi connectivity index (χ1n) is 7.96. The molecule has 1 aromatic heterocycles. The summed E-state index contributed by atoms with van der Waals surface area (Å²) in [6, 6.07) is 4.70. The molecule has 1 aliphatic rings. The van der Waals surface area contributed by atoms with Gasteiger partial charge in [0.2, 0.25) is 0 Å². The number of carbonyl (C=O) groups excluding carboxylic acids is 2. The third kappa shape index (κ3) is 4.01. The molecule has 2 bridgehead atoms. The highest BCUT2D eigenvalue weighted by molar-refractivity contribution is 5.94. The Kier molecular flexibility index (Phi) is 5.18. The topological polar surface area (TPSA) is 131 Å². The van der Waals surface area contributed by atoms with E-state index in [9.17, 15) is 9.59 Å². The fraction of sp³-hybridized carbons (Fsp3) is 0.235. The number of rotatable bonds is 1. The number of imidazole rings is 1. The lowest BCUT2D eigenvalue weighted by Gasteiger charge is -2.12. The molecule has 1 aromatic carbocycles. The van der Waals surface area contributed by atoms with Crippen LogP contribution < -0.4 is 16.4 Å². The molecule has 0 spiro atoms. The van der Waals surface area contributed by atoms with Crippen LogP contribution in [0.2, 0.25) is 0 Å². The van der Waals surface area contributed by atoms with Crippen molar-refractivity contribution in [2.45, 2.75) is 12.5 Å². The average Bonchev–Trinajstić information content (AvgIpc) is 3.11. The van der Waals surface area contributed by atoms with Crippen molar-refractivity contribution in [3.63, 3.8) is 0 Å². The molecule has 26 heavy (non-hydrogen) atoms. The molecule has 9 nitrogen and oxygen atoms in total. The van der Waals surface area contributed by atoms with Gasteiger partial charge in [-0.3, -0.25) is 10.6 Å². The molecular formula is C17H19N5O4. The van der Waals surface area contributed by atoms with Gasteiger partial charge in [0.15, 0.2) is 0 Å². The van der Waals surface area contributed by atoms with Crippen LogP contribution in [0.15, 0.2) is 36.5 Å². The Morgan fingerprint density at radius 2 is 2.27 bits per heavy atom. The highest BCUT2D eigenvalue weighted by Crippen LogP contribution is 2.31. The highest BCUT2D eigenvalue weighted by atomic mass is 16.5. The van der Waals surface area contributed by atoms with Gasteiger partial charge in [-0.15, -0.1) is 0 Å². The predicted octanol–water partition coefficient (Wildman–Crippen LogP) is 2.76. The zero-order valence-electron chi connectivity index (χ0n) is 14.1. The van der Waals surface area contributed by atoms with Crippen molar-refractivity contribution in [1.29, 1.82) is 0 Å². The van der Waals surface area contributed by atoms with Crippen LogP contribution in [0, 0.1) is 0 Å². The number of hydrogen-bond acceptors (Lipinski definition) is 6. The number of H-pyrrole nitrogens is 1. The molecule has 9 heteroatoms. The zero-order valence-corrected chi connectivity index (χ0v) is 14.1. The Hall–Kier alpha value is -3.33. The van der Waals surface area contributed by atoms with Gasteiger partial charge in [-0.1, -0.05) is 12.2 Å². The Morgan fingerprint density at radius 1 is 1.42 bits per heavy atom. The zero-order chi connectivity index (χ0) is 18.5. The summed E-state index contributed by atoms with van der Waals surface area (Å²) in [7, 11) is 1.27. The van der Waals surface area contributed by atoms with Gasteiger partial charge in [0.1, 0.15) is 12.4 Å². The van der Waals surface area contributed by atoms with Crippen LogP contribution in [-0.2, 0) is 9.47 Å². The SMILES string of the molecule is COC(=O)Nc1ccc2c(c1)NC(=O)OC/C=C/C[C@H](N)c1nc-2c[nH]1. The Balaban J connectivity index is 2.00. The van der Waals surface area contributed by atoms with E-state index in [-0.39, 0.29) is 12.6 Å². The summed E-state index contributed by atoms with van der Waals surface area (Å²) in [6.45, 7) is 0.122. The van der Waals surface area contributed by atoms with E-state index in [1.165, 1.54) is 7.11 Å². The largest absolute Gasteiger partial charge is 0.453 e. The summed E-state index contributed by atoms with van der Waals surface area (Å²) >= 11 is 0. The van der Waals surface area contributed by atoms with Crippen molar-refractivity contribution >= 4 is 23.6 Å². The van der Waals surface area contributed by atoms with E-state index in [1.54, 1.807) is 30.5 Å². The molecule has 0 fully saturated rings. The molecule has 3 rings (SSSR count). The lowest BCUT2D eigenvalue weighted by molar-refractivity contribution is 0.174. The number of amides is 2. The summed E-state index contributed by atoms with van der Waals surface area (Å²) < 4.78 is 9.69. The molecule has 136 valence electrons. The molecular weight excluding hydrogens is 338 g/mol. The van der Waals surface area contributed by atoms with Crippen LogP contribution in [0.3, 0.4) is 0 Å². The average molecular weight is 357 g/mol. The second-order valence-electron chi connectivity index (χ2n) is 5.58. The molecule has 2 heterocycles. The van der Waals surface area contributed by atoms with Gasteiger partial charge in [-0.05, 0) is 24.6 Å². The van der Waals surface area contributed by atoms with Gasteiger partial charge in [-0.25, -0.2) is 14.6 Å². The summed E-state index contributed by atoms with van der Waals surface area (Å²) in [6.07, 6.45) is 4.60. The maximum atomic E-state index is 12.0. The number of fused-ring (bicyclic) bond motifs is 4. The number of hydrogen-bond donors (Lipinski definition) is 4. The van der Waals surface area contributed by atoms with Crippen molar-refractivity contribution < 1.29 is 19.1 Å². The standard InChI is InChI=1S/C17H19N5O4/c1-25-16(23)20-10-5-6-11-13(8-10)22-17(24)26-7-3-2-4-12(18)15-19-9-14(11)21-15/h2-3,5-6,8-9,12H,4,7,18H2,1H3,(H,19,21)(H,20,23)(H,22,24)/b3-2+/t12-/m0/s1. The van der Waals surface area contributed by atoms with E-state index in [1.807, 2.05) is 6.08 Å². The van der Waals surface area contributed by atoms with Crippen molar-refractivity contribution in [1.82, 2.24) is 9.97 Å². The number of benzene rings is 1. The third-order valence-electron chi connectivity index (χ3n) is 3.78. The number of anilines is 2. The Bertz CT molecular complexity index is 845. The molecule has 1 aliphatic heterocycles. The van der Waals surface area contributed by atoms with Gasteiger partial charge < -0.3 is 20.2 Å². The van der Waals surface area contributed by atoms with Crippen LogP contribution in [0.4, 0.5) is 21.0 Å². The molecule has 0 saturated carbocycles. The summed E-state index contributed by atoms with van der Waals surface area (Å²) in [5, 5.41) is 5.22. The molecule has 0 unspecified atom stereocenters. The second-order valence-corrected chi connectivity index (χ2v) is 5.58. The van der Waals surface area contributed by atoms with Crippen LogP contribution in [-0.4, -0.2) is 35.9 Å². The smallest absolute Gasteiger partial charge is 0.411 e. The van der Waals surface area contributed by atoms with Gasteiger partial charge in [-0.2, -0.15) is 0 Å². The van der Waals surface area contributed by atoms with Crippen LogP contribution >= 0.6 is 0 Å². The van der Waals surface area contributed by atoms with Crippen LogP contribution in [0.1, 0.15) is 18.3 Å². The van der Waals surface area contributed by atoms with E-state index in [4.69, 9.17) is 10.5 Å². The maximum Gasteiger partial charge on any atom is 0.411 e. The monoisotopic (exact) mass is 357 g/mol. The van der Waals surface area contributed by atoms with E-state index in [0.29, 0.717) is 34.9 Å². The van der Waals surface area contributed by atoms with Crippen LogP contribution in [0.25, 0.3) is 11.3 Å². The van der Waals surface area contributed by atoms with Gasteiger partial charge in [0.05, 0.1) is 24.5 Å². The van der Waals surface area contributed by atoms with Gasteiger partial charge in [0, 0.05) is 17.4 Å². The number of cyclic esters (lactones) is 1. The normalized spacial score (nSPS) is 18.1. The number of methoxy groups -OCH3 is 1. The van der Waals surface area contributed by atoms with E-state index < -0.39 is 12.2 Å². The first kappa shape index (κ1) is 17.5. The summed E-state index contributed by atoms with van der Waals surface area (Å²) in [5.74, 6) is 0.638. The number of nitrogens with zero attached hydrogens (tertiary/aromatic N) is 1. The number of ether oxygens (including phenoxy) is 2. The molecule has 0 aliphatic carbocycles. The highest BCUT2D eigenvalue weighted by Gasteiger charge is 2.16. The molecule has 1 atom stereocenters. The van der Waals surface area contributed by atoms with Crippen molar-refractivity contribution in [3.8, 4) is 11.3 Å². The Labute approximate surface area is 149 Å². The van der Waals surface area contributed by atoms with Crippen molar-refractivity contribution in [2.75, 3.05) is 24.4 Å². The van der Waals surface area contributed by atoms with E-state index in [2.05, 4.69) is 25.3 Å². The van der Waals surface area contributed by atoms with Crippen LogP contribution in [0.5, 0.6) is 0 Å². The minimum absolute atomic E-state index is 0.122. The second kappa shape index (κ2) is 7.70. The first-order valence-corrected chi connectivity index (χ1v) is 7.96. The first-order chi connectivity index (χ1) is 12.6. The predicted molar refractivity (Wildman–Crippen MR) is 95.7 cm³/mol. The number of aromatic amines is 1. The Morgan fingerprint density at radius 3 is 3.08 bits per heavy atom. The van der Waals surface area contributed by atoms with E-state index in [0.717, 1.165) is 0 Å². The molecule has 5 N–H and O–H groups in total. The summed E-state index contributed by atoms with van der Waals surface area (Å²) in [5.41, 5.74) is 8.26. The number of nitrogens with two attached hydrogens (primary N) is 1. The maximum absolute atomic E-state index is 12.0. The minimum Gasteiger partial charge on any atom is -0.453 e. The number of carbonyl (C=O) groups is 2. The van der Waals surface area contributed by atoms with Gasteiger partial charge >= 0.3 is 12.2 Å². The van der Waals surface area contributed by atoms with Crippen molar-refractivity contribution in [3.05, 3.63) is 42.4 Å². The fourth-order valence-electron chi connectivity index (χ4n) is 2.47. The third-order valence-corrected chi connectivity index (χ3v) is 3.78. The number of aromatic nitrogens is 2. The van der Waals surface area contributed by atoms with Gasteiger partial charge in [0.25, 0.3) is 0 Å². The molecule has 0 saturated heterocycles. The fourth-order valence-corrected chi connectivity index (χ4v) is 2.47. The molecule has 0 radical (unpaired) electrons. The lowest BCUT2D eigenvalue weighted by Crippen LogP contribution is -2.15. The molecule has 2 amide bonds. The van der Waals surface area contributed by atoms with E-state index >= 15 is 0 Å².